The largest absolute Gasteiger partial charge is 0.337 e. The number of fused-ring (bicyclic) bond motifs is 1. The van der Waals surface area contributed by atoms with Crippen molar-refractivity contribution in [2.24, 2.45) is 5.92 Å². The topological polar surface area (TPSA) is 37.6 Å². The molecule has 1 saturated heterocycles. The minimum absolute atomic E-state index is 0.0882. The van der Waals surface area contributed by atoms with E-state index in [2.05, 4.69) is 38.1 Å². The number of carbonyl (C=O) groups is 1. The molecule has 3 heterocycles. The third kappa shape index (κ3) is 3.00. The van der Waals surface area contributed by atoms with Crippen molar-refractivity contribution in [2.75, 3.05) is 13.1 Å². The number of aryl methyl sites for hydroxylation is 2. The number of carbonyl (C=O) groups excluding carboxylic acids is 1. The van der Waals surface area contributed by atoms with Gasteiger partial charge >= 0.3 is 0 Å². The van der Waals surface area contributed by atoms with Gasteiger partial charge in [-0.1, -0.05) is 42.8 Å². The van der Waals surface area contributed by atoms with E-state index >= 15 is 0 Å². The predicted molar refractivity (Wildman–Crippen MR) is 104 cm³/mol. The maximum absolute atomic E-state index is 13.5. The molecule has 1 amide bonds. The molecule has 0 saturated carbocycles. The first-order valence-corrected chi connectivity index (χ1v) is 9.38. The van der Waals surface area contributed by atoms with Crippen molar-refractivity contribution in [3.63, 3.8) is 0 Å². The Kier molecular flexibility index (Phi) is 4.27. The van der Waals surface area contributed by atoms with Gasteiger partial charge in [-0.2, -0.15) is 0 Å². The van der Waals surface area contributed by atoms with Gasteiger partial charge in [-0.15, -0.1) is 0 Å². The number of rotatable bonds is 2. The van der Waals surface area contributed by atoms with Gasteiger partial charge < -0.3 is 4.90 Å². The normalized spacial score (nSPS) is 17.7. The SMILES string of the molecule is Cc1ccc(-c2nc3ccc(C)cn3c2C(=O)N2CCCC(C)C2)cc1. The average Bonchev–Trinajstić information content (AvgIpc) is 3.00. The van der Waals surface area contributed by atoms with Crippen molar-refractivity contribution >= 4 is 11.6 Å². The first-order valence-electron chi connectivity index (χ1n) is 9.38. The highest BCUT2D eigenvalue weighted by Gasteiger charge is 2.28. The van der Waals surface area contributed by atoms with Crippen LogP contribution in [0.4, 0.5) is 0 Å². The second-order valence-corrected chi connectivity index (χ2v) is 7.61. The van der Waals surface area contributed by atoms with Crippen LogP contribution in [0.5, 0.6) is 0 Å². The van der Waals surface area contributed by atoms with Gasteiger partial charge in [0.05, 0.1) is 0 Å². The highest BCUT2D eigenvalue weighted by molar-refractivity contribution is 5.99. The number of hydrogen-bond acceptors (Lipinski definition) is 2. The lowest BCUT2D eigenvalue weighted by Crippen LogP contribution is -2.39. The molecule has 0 N–H and O–H groups in total. The molecule has 3 aromatic rings. The fourth-order valence-electron chi connectivity index (χ4n) is 3.79. The van der Waals surface area contributed by atoms with Crippen molar-refractivity contribution < 1.29 is 4.79 Å². The molecule has 1 aliphatic rings. The van der Waals surface area contributed by atoms with E-state index < -0.39 is 0 Å². The summed E-state index contributed by atoms with van der Waals surface area (Å²) in [6.45, 7) is 7.99. The summed E-state index contributed by atoms with van der Waals surface area (Å²) in [6.07, 6.45) is 4.28. The number of pyridine rings is 1. The van der Waals surface area contributed by atoms with Crippen molar-refractivity contribution in [3.05, 3.63) is 59.4 Å². The Hall–Kier alpha value is -2.62. The molecule has 1 aliphatic heterocycles. The van der Waals surface area contributed by atoms with Crippen molar-refractivity contribution in [3.8, 4) is 11.3 Å². The van der Waals surface area contributed by atoms with Crippen molar-refractivity contribution in [1.29, 1.82) is 0 Å². The highest BCUT2D eigenvalue weighted by Crippen LogP contribution is 2.28. The first kappa shape index (κ1) is 16.8. The van der Waals surface area contributed by atoms with Gasteiger partial charge in [0.25, 0.3) is 5.91 Å². The quantitative estimate of drug-likeness (QED) is 0.685. The van der Waals surface area contributed by atoms with Crippen molar-refractivity contribution in [2.45, 2.75) is 33.6 Å². The number of aromatic nitrogens is 2. The summed E-state index contributed by atoms with van der Waals surface area (Å²) in [5.41, 5.74) is 5.59. The highest BCUT2D eigenvalue weighted by atomic mass is 16.2. The summed E-state index contributed by atoms with van der Waals surface area (Å²) in [5, 5.41) is 0. The lowest BCUT2D eigenvalue weighted by Gasteiger charge is -2.31. The lowest BCUT2D eigenvalue weighted by molar-refractivity contribution is 0.0677. The molecule has 1 atom stereocenters. The minimum Gasteiger partial charge on any atom is -0.337 e. The van der Waals surface area contributed by atoms with Gasteiger partial charge in [-0.25, -0.2) is 4.98 Å². The van der Waals surface area contributed by atoms with Crippen molar-refractivity contribution in [1.82, 2.24) is 14.3 Å². The first-order chi connectivity index (χ1) is 12.5. The van der Waals surface area contributed by atoms with E-state index in [1.807, 2.05) is 34.6 Å². The molecule has 1 unspecified atom stereocenters. The number of piperidine rings is 1. The van der Waals surface area contributed by atoms with Gasteiger partial charge in [0.15, 0.2) is 0 Å². The number of likely N-dealkylation sites (tertiary alicyclic amines) is 1. The average molecular weight is 347 g/mol. The van der Waals surface area contributed by atoms with Crippen LogP contribution in [-0.2, 0) is 0 Å². The Morgan fingerprint density at radius 2 is 1.81 bits per heavy atom. The number of imidazole rings is 1. The maximum atomic E-state index is 13.5. The zero-order valence-corrected chi connectivity index (χ0v) is 15.7. The summed E-state index contributed by atoms with van der Waals surface area (Å²) in [6, 6.07) is 12.3. The third-order valence-electron chi connectivity index (χ3n) is 5.24. The molecule has 1 fully saturated rings. The second-order valence-electron chi connectivity index (χ2n) is 7.61. The summed E-state index contributed by atoms with van der Waals surface area (Å²) in [4.78, 5) is 20.3. The predicted octanol–water partition coefficient (Wildman–Crippen LogP) is 4.49. The summed E-state index contributed by atoms with van der Waals surface area (Å²) in [5.74, 6) is 0.640. The smallest absolute Gasteiger partial charge is 0.273 e. The molecule has 4 nitrogen and oxygen atoms in total. The Morgan fingerprint density at radius 1 is 1.08 bits per heavy atom. The molecular weight excluding hydrogens is 322 g/mol. The van der Waals surface area contributed by atoms with Crippen LogP contribution in [0.1, 0.15) is 41.4 Å². The van der Waals surface area contributed by atoms with Gasteiger partial charge in [-0.05, 0) is 44.2 Å². The van der Waals surface area contributed by atoms with Crippen LogP contribution in [0.3, 0.4) is 0 Å². The van der Waals surface area contributed by atoms with E-state index in [9.17, 15) is 4.79 Å². The molecule has 4 heteroatoms. The van der Waals surface area contributed by atoms with Gasteiger partial charge in [0.2, 0.25) is 0 Å². The number of benzene rings is 1. The summed E-state index contributed by atoms with van der Waals surface area (Å²) >= 11 is 0. The van der Waals surface area contributed by atoms with Gasteiger partial charge in [-0.3, -0.25) is 9.20 Å². The molecule has 2 aromatic heterocycles. The van der Waals surface area contributed by atoms with Crippen LogP contribution in [0.2, 0.25) is 0 Å². The van der Waals surface area contributed by atoms with E-state index in [1.165, 1.54) is 12.0 Å². The Bertz CT molecular complexity index is 955. The number of nitrogens with zero attached hydrogens (tertiary/aromatic N) is 3. The Morgan fingerprint density at radius 3 is 2.54 bits per heavy atom. The molecule has 0 bridgehead atoms. The lowest BCUT2D eigenvalue weighted by atomic mass is 9.99. The maximum Gasteiger partial charge on any atom is 0.273 e. The Labute approximate surface area is 154 Å². The van der Waals surface area contributed by atoms with Gasteiger partial charge in [0.1, 0.15) is 17.0 Å². The van der Waals surface area contributed by atoms with Crippen LogP contribution in [0.25, 0.3) is 16.9 Å². The molecule has 134 valence electrons. The van der Waals surface area contributed by atoms with E-state index in [-0.39, 0.29) is 5.91 Å². The van der Waals surface area contributed by atoms with E-state index in [4.69, 9.17) is 4.98 Å². The minimum atomic E-state index is 0.0882. The van der Waals surface area contributed by atoms with Crippen LogP contribution < -0.4 is 0 Å². The van der Waals surface area contributed by atoms with E-state index in [0.29, 0.717) is 11.6 Å². The molecule has 0 spiro atoms. The van der Waals surface area contributed by atoms with Crippen LogP contribution in [-0.4, -0.2) is 33.3 Å². The van der Waals surface area contributed by atoms with E-state index in [0.717, 1.165) is 42.0 Å². The molecule has 0 radical (unpaired) electrons. The van der Waals surface area contributed by atoms with Crippen LogP contribution in [0.15, 0.2) is 42.6 Å². The molecule has 4 rings (SSSR count). The molecular formula is C22H25N3O. The standard InChI is InChI=1S/C22H25N3O/c1-15-6-9-18(10-7-15)20-21(22(26)24-12-4-5-16(2)13-24)25-14-17(3)8-11-19(25)23-20/h6-11,14,16H,4-5,12-13H2,1-3H3. The molecule has 0 aliphatic carbocycles. The fraction of sp³-hybridized carbons (Fsp3) is 0.364. The Balaban J connectivity index is 1.87. The third-order valence-corrected chi connectivity index (χ3v) is 5.24. The fourth-order valence-corrected chi connectivity index (χ4v) is 3.79. The zero-order chi connectivity index (χ0) is 18.3. The summed E-state index contributed by atoms with van der Waals surface area (Å²) < 4.78 is 1.96. The van der Waals surface area contributed by atoms with Crippen LogP contribution in [0, 0.1) is 19.8 Å². The second kappa shape index (κ2) is 6.60. The number of hydrogen-bond donors (Lipinski definition) is 0. The summed E-state index contributed by atoms with van der Waals surface area (Å²) in [7, 11) is 0. The van der Waals surface area contributed by atoms with Crippen LogP contribution >= 0.6 is 0 Å². The van der Waals surface area contributed by atoms with E-state index in [1.54, 1.807) is 0 Å². The monoisotopic (exact) mass is 347 g/mol. The zero-order valence-electron chi connectivity index (χ0n) is 15.7. The molecule has 26 heavy (non-hydrogen) atoms. The van der Waals surface area contributed by atoms with Gasteiger partial charge in [0, 0.05) is 24.8 Å². The molecule has 1 aromatic carbocycles. The number of amides is 1.